The van der Waals surface area contributed by atoms with Crippen molar-refractivity contribution in [1.29, 1.82) is 0 Å². The number of halogens is 2. The van der Waals surface area contributed by atoms with E-state index in [1.165, 1.54) is 16.7 Å². The minimum Gasteiger partial charge on any atom is -0.477 e. The Balaban J connectivity index is 2.05. The van der Waals surface area contributed by atoms with Crippen LogP contribution in [0.25, 0.3) is 22.0 Å². The van der Waals surface area contributed by atoms with Crippen molar-refractivity contribution in [3.8, 4) is 11.1 Å². The van der Waals surface area contributed by atoms with Crippen LogP contribution in [0.5, 0.6) is 0 Å². The molecule has 4 rings (SSSR count). The number of carboxylic acid groups (broad SMARTS) is 1. The number of para-hydroxylation sites is 1. The van der Waals surface area contributed by atoms with E-state index in [2.05, 4.69) is 0 Å². The number of rotatable bonds is 4. The molecular formula is C22H15F2NO2. The summed E-state index contributed by atoms with van der Waals surface area (Å²) in [4.78, 5) is 12.1. The van der Waals surface area contributed by atoms with E-state index in [1.54, 1.807) is 60.7 Å². The third kappa shape index (κ3) is 2.87. The molecule has 0 bridgehead atoms. The van der Waals surface area contributed by atoms with Crippen molar-refractivity contribution >= 4 is 16.9 Å². The predicted octanol–water partition coefficient (Wildman–Crippen LogP) is 5.33. The average Bonchev–Trinajstić information content (AvgIpc) is 2.98. The van der Waals surface area contributed by atoms with E-state index in [-0.39, 0.29) is 17.8 Å². The molecule has 5 heteroatoms. The molecule has 3 aromatic carbocycles. The van der Waals surface area contributed by atoms with Gasteiger partial charge in [0.15, 0.2) is 0 Å². The highest BCUT2D eigenvalue weighted by Crippen LogP contribution is 2.37. The van der Waals surface area contributed by atoms with Crippen molar-refractivity contribution in [2.75, 3.05) is 0 Å². The second kappa shape index (κ2) is 6.68. The first kappa shape index (κ1) is 17.0. The van der Waals surface area contributed by atoms with E-state index in [1.807, 2.05) is 0 Å². The number of fused-ring (bicyclic) bond motifs is 1. The van der Waals surface area contributed by atoms with Crippen molar-refractivity contribution < 1.29 is 18.7 Å². The summed E-state index contributed by atoms with van der Waals surface area (Å²) in [6.07, 6.45) is 0. The molecular weight excluding hydrogens is 348 g/mol. The van der Waals surface area contributed by atoms with Crippen LogP contribution in [0.3, 0.4) is 0 Å². The lowest BCUT2D eigenvalue weighted by Crippen LogP contribution is -2.11. The number of carboxylic acids is 1. The molecule has 0 aliphatic rings. The fraction of sp³-hybridized carbons (Fsp3) is 0.0455. The van der Waals surface area contributed by atoms with Gasteiger partial charge in [-0.05, 0) is 18.2 Å². The fourth-order valence-corrected chi connectivity index (χ4v) is 3.42. The molecule has 0 aliphatic heterocycles. The van der Waals surface area contributed by atoms with Gasteiger partial charge >= 0.3 is 5.97 Å². The maximum absolute atomic E-state index is 14.5. The van der Waals surface area contributed by atoms with Crippen LogP contribution < -0.4 is 0 Å². The molecule has 0 unspecified atom stereocenters. The molecule has 0 radical (unpaired) electrons. The Morgan fingerprint density at radius 2 is 1.48 bits per heavy atom. The van der Waals surface area contributed by atoms with Gasteiger partial charge in [-0.15, -0.1) is 0 Å². The van der Waals surface area contributed by atoms with Gasteiger partial charge in [0.2, 0.25) is 0 Å². The Hall–Kier alpha value is -3.47. The third-order valence-corrected chi connectivity index (χ3v) is 4.60. The molecule has 0 saturated heterocycles. The van der Waals surface area contributed by atoms with Crippen molar-refractivity contribution in [3.63, 3.8) is 0 Å². The first-order chi connectivity index (χ1) is 13.1. The first-order valence-electron chi connectivity index (χ1n) is 8.40. The van der Waals surface area contributed by atoms with Crippen LogP contribution in [0, 0.1) is 11.6 Å². The van der Waals surface area contributed by atoms with E-state index >= 15 is 0 Å². The van der Waals surface area contributed by atoms with E-state index in [4.69, 9.17) is 0 Å². The van der Waals surface area contributed by atoms with Crippen LogP contribution >= 0.6 is 0 Å². The van der Waals surface area contributed by atoms with E-state index in [0.29, 0.717) is 22.0 Å². The zero-order valence-electron chi connectivity index (χ0n) is 14.2. The highest BCUT2D eigenvalue weighted by atomic mass is 19.1. The highest BCUT2D eigenvalue weighted by Gasteiger charge is 2.25. The molecule has 1 heterocycles. The number of benzene rings is 3. The number of aromatic carboxylic acids is 1. The van der Waals surface area contributed by atoms with E-state index in [0.717, 1.165) is 0 Å². The monoisotopic (exact) mass is 363 g/mol. The minimum absolute atomic E-state index is 0.0310. The quantitative estimate of drug-likeness (QED) is 0.532. The first-order valence-corrected chi connectivity index (χ1v) is 8.40. The lowest BCUT2D eigenvalue weighted by atomic mass is 10.0. The molecule has 0 spiro atoms. The second-order valence-electron chi connectivity index (χ2n) is 6.20. The molecule has 4 aromatic rings. The summed E-state index contributed by atoms with van der Waals surface area (Å²) < 4.78 is 30.2. The standard InChI is InChI=1S/C22H15F2NO2/c23-17-10-4-1-7-14(17)13-25-19-12-6-3-9-16(19)20(21(25)22(26)27)15-8-2-5-11-18(15)24/h1-12H,13H2,(H,26,27). The van der Waals surface area contributed by atoms with Gasteiger partial charge in [-0.2, -0.15) is 0 Å². The molecule has 0 amide bonds. The largest absolute Gasteiger partial charge is 0.477 e. The predicted molar refractivity (Wildman–Crippen MR) is 99.8 cm³/mol. The zero-order chi connectivity index (χ0) is 19.0. The second-order valence-corrected chi connectivity index (χ2v) is 6.20. The maximum Gasteiger partial charge on any atom is 0.353 e. The van der Waals surface area contributed by atoms with E-state index < -0.39 is 17.6 Å². The van der Waals surface area contributed by atoms with Crippen LogP contribution in [0.2, 0.25) is 0 Å². The molecule has 1 N–H and O–H groups in total. The summed E-state index contributed by atoms with van der Waals surface area (Å²) in [7, 11) is 0. The number of aromatic nitrogens is 1. The normalized spacial score (nSPS) is 11.0. The Bertz CT molecular complexity index is 1160. The summed E-state index contributed by atoms with van der Waals surface area (Å²) in [6.45, 7) is 0.0310. The van der Waals surface area contributed by atoms with Gasteiger partial charge in [-0.3, -0.25) is 0 Å². The molecule has 0 fully saturated rings. The fourth-order valence-electron chi connectivity index (χ4n) is 3.42. The van der Waals surface area contributed by atoms with Gasteiger partial charge in [-0.1, -0.05) is 54.6 Å². The van der Waals surface area contributed by atoms with Crippen LogP contribution in [0.1, 0.15) is 16.1 Å². The molecule has 0 saturated carbocycles. The minimum atomic E-state index is -1.19. The Morgan fingerprint density at radius 1 is 0.852 bits per heavy atom. The number of nitrogens with zero attached hydrogens (tertiary/aromatic N) is 1. The van der Waals surface area contributed by atoms with E-state index in [9.17, 15) is 18.7 Å². The summed E-state index contributed by atoms with van der Waals surface area (Å²) >= 11 is 0. The average molecular weight is 363 g/mol. The van der Waals surface area contributed by atoms with Crippen molar-refractivity contribution in [1.82, 2.24) is 4.57 Å². The molecule has 3 nitrogen and oxygen atoms in total. The van der Waals surface area contributed by atoms with Gasteiger partial charge in [0.25, 0.3) is 0 Å². The van der Waals surface area contributed by atoms with Crippen LogP contribution in [0.4, 0.5) is 8.78 Å². The number of carbonyl (C=O) groups is 1. The smallest absolute Gasteiger partial charge is 0.353 e. The summed E-state index contributed by atoms with van der Waals surface area (Å²) in [6, 6.07) is 19.3. The summed E-state index contributed by atoms with van der Waals surface area (Å²) in [5.41, 5.74) is 1.41. The van der Waals surface area contributed by atoms with Gasteiger partial charge in [0.1, 0.15) is 17.3 Å². The van der Waals surface area contributed by atoms with Crippen molar-refractivity contribution in [2.45, 2.75) is 6.54 Å². The molecule has 1 aromatic heterocycles. The lowest BCUT2D eigenvalue weighted by Gasteiger charge is -2.10. The SMILES string of the molecule is O=C(O)c1c(-c2ccccc2F)c2ccccc2n1Cc1ccccc1F. The van der Waals surface area contributed by atoms with Crippen LogP contribution in [0.15, 0.2) is 72.8 Å². The maximum atomic E-state index is 14.5. The number of hydrogen-bond acceptors (Lipinski definition) is 1. The molecule has 27 heavy (non-hydrogen) atoms. The lowest BCUT2D eigenvalue weighted by molar-refractivity contribution is 0.0687. The summed E-state index contributed by atoms with van der Waals surface area (Å²) in [5.74, 6) is -2.12. The Labute approximate surface area is 154 Å². The van der Waals surface area contributed by atoms with Crippen LogP contribution in [-0.2, 0) is 6.54 Å². The Kier molecular flexibility index (Phi) is 4.20. The van der Waals surface area contributed by atoms with Crippen LogP contribution in [-0.4, -0.2) is 15.6 Å². The molecule has 0 atom stereocenters. The topological polar surface area (TPSA) is 42.2 Å². The van der Waals surface area contributed by atoms with Crippen molar-refractivity contribution in [3.05, 3.63) is 95.7 Å². The Morgan fingerprint density at radius 3 is 2.19 bits per heavy atom. The van der Waals surface area contributed by atoms with Gasteiger partial charge in [-0.25, -0.2) is 13.6 Å². The van der Waals surface area contributed by atoms with Gasteiger partial charge < -0.3 is 9.67 Å². The molecule has 0 aliphatic carbocycles. The summed E-state index contributed by atoms with van der Waals surface area (Å²) in [5, 5.41) is 10.5. The van der Waals surface area contributed by atoms with Crippen molar-refractivity contribution in [2.24, 2.45) is 0 Å². The third-order valence-electron chi connectivity index (χ3n) is 4.60. The number of hydrogen-bond donors (Lipinski definition) is 1. The highest BCUT2D eigenvalue weighted by molar-refractivity contribution is 6.08. The zero-order valence-corrected chi connectivity index (χ0v) is 14.2. The molecule has 134 valence electrons. The van der Waals surface area contributed by atoms with Gasteiger partial charge in [0.05, 0.1) is 6.54 Å². The van der Waals surface area contributed by atoms with Gasteiger partial charge in [0, 0.05) is 27.6 Å².